The summed E-state index contributed by atoms with van der Waals surface area (Å²) in [6, 6.07) is 14.4. The standard InChI is InChI=1S/C19H19FO3/c20-17-10-15(16(11-19(21)22)14-6-7-14)8-9-18(17)23-12-13-4-2-1-3-5-13/h1-5,8-10,14,16H,6-7,11-12H2,(H,21,22). The molecule has 120 valence electrons. The first kappa shape index (κ1) is 15.5. The molecule has 0 bridgehead atoms. The number of ether oxygens (including phenoxy) is 1. The van der Waals surface area contributed by atoms with E-state index in [0.29, 0.717) is 12.5 Å². The summed E-state index contributed by atoms with van der Waals surface area (Å²) < 4.78 is 19.8. The van der Waals surface area contributed by atoms with E-state index in [0.717, 1.165) is 24.0 Å². The molecule has 0 aromatic heterocycles. The van der Waals surface area contributed by atoms with Crippen molar-refractivity contribution in [2.24, 2.45) is 5.92 Å². The molecule has 1 unspecified atom stereocenters. The van der Waals surface area contributed by atoms with Crippen LogP contribution in [0.2, 0.25) is 0 Å². The Morgan fingerprint density at radius 3 is 2.57 bits per heavy atom. The van der Waals surface area contributed by atoms with E-state index in [1.807, 2.05) is 30.3 Å². The number of rotatable bonds is 7. The molecule has 2 aromatic rings. The second-order valence-corrected chi connectivity index (χ2v) is 6.01. The van der Waals surface area contributed by atoms with Crippen LogP contribution >= 0.6 is 0 Å². The number of hydrogen-bond donors (Lipinski definition) is 1. The van der Waals surface area contributed by atoms with Gasteiger partial charge in [-0.2, -0.15) is 0 Å². The normalized spacial score (nSPS) is 15.2. The molecular weight excluding hydrogens is 295 g/mol. The van der Waals surface area contributed by atoms with E-state index in [1.165, 1.54) is 6.07 Å². The van der Waals surface area contributed by atoms with Crippen molar-refractivity contribution in [2.45, 2.75) is 31.8 Å². The first-order valence-corrected chi connectivity index (χ1v) is 7.81. The Balaban J connectivity index is 1.71. The number of carboxylic acids is 1. The van der Waals surface area contributed by atoms with Crippen LogP contribution in [0.15, 0.2) is 48.5 Å². The highest BCUT2D eigenvalue weighted by molar-refractivity contribution is 5.68. The number of benzene rings is 2. The van der Waals surface area contributed by atoms with E-state index < -0.39 is 11.8 Å². The molecule has 23 heavy (non-hydrogen) atoms. The third-order valence-corrected chi connectivity index (χ3v) is 4.21. The van der Waals surface area contributed by atoms with Gasteiger partial charge in [0.15, 0.2) is 11.6 Å². The fourth-order valence-corrected chi connectivity index (χ4v) is 2.84. The van der Waals surface area contributed by atoms with E-state index in [9.17, 15) is 9.18 Å². The quantitative estimate of drug-likeness (QED) is 0.825. The third kappa shape index (κ3) is 4.09. The second kappa shape index (κ2) is 6.82. The highest BCUT2D eigenvalue weighted by Crippen LogP contribution is 2.45. The predicted octanol–water partition coefficient (Wildman–Crippen LogP) is 4.37. The van der Waals surface area contributed by atoms with Gasteiger partial charge in [-0.1, -0.05) is 36.4 Å². The Morgan fingerprint density at radius 2 is 1.96 bits per heavy atom. The summed E-state index contributed by atoms with van der Waals surface area (Å²) in [6.07, 6.45) is 2.09. The van der Waals surface area contributed by atoms with Crippen molar-refractivity contribution >= 4 is 5.97 Å². The van der Waals surface area contributed by atoms with E-state index >= 15 is 0 Å². The molecule has 2 aromatic carbocycles. The van der Waals surface area contributed by atoms with Crippen molar-refractivity contribution in [2.75, 3.05) is 0 Å². The summed E-state index contributed by atoms with van der Waals surface area (Å²) in [5.41, 5.74) is 1.72. The first-order valence-electron chi connectivity index (χ1n) is 7.81. The van der Waals surface area contributed by atoms with Crippen LogP contribution in [0.25, 0.3) is 0 Å². The summed E-state index contributed by atoms with van der Waals surface area (Å²) in [5, 5.41) is 9.04. The van der Waals surface area contributed by atoms with Crippen LogP contribution in [0.3, 0.4) is 0 Å². The molecule has 0 spiro atoms. The van der Waals surface area contributed by atoms with E-state index in [1.54, 1.807) is 12.1 Å². The van der Waals surface area contributed by atoms with Crippen molar-refractivity contribution in [1.29, 1.82) is 0 Å². The zero-order valence-corrected chi connectivity index (χ0v) is 12.7. The largest absolute Gasteiger partial charge is 0.486 e. The number of carbonyl (C=O) groups is 1. The van der Waals surface area contributed by atoms with Gasteiger partial charge in [-0.3, -0.25) is 4.79 Å². The molecule has 4 heteroatoms. The van der Waals surface area contributed by atoms with Crippen LogP contribution in [0.1, 0.15) is 36.3 Å². The van der Waals surface area contributed by atoms with Gasteiger partial charge in [0.25, 0.3) is 0 Å². The molecule has 1 aliphatic rings. The molecule has 1 atom stereocenters. The van der Waals surface area contributed by atoms with Gasteiger partial charge >= 0.3 is 5.97 Å². The molecule has 0 heterocycles. The van der Waals surface area contributed by atoms with E-state index in [-0.39, 0.29) is 18.1 Å². The van der Waals surface area contributed by atoms with Gasteiger partial charge in [0, 0.05) is 0 Å². The Morgan fingerprint density at radius 1 is 1.22 bits per heavy atom. The topological polar surface area (TPSA) is 46.5 Å². The fourth-order valence-electron chi connectivity index (χ4n) is 2.84. The molecule has 0 radical (unpaired) electrons. The monoisotopic (exact) mass is 314 g/mol. The maximum Gasteiger partial charge on any atom is 0.303 e. The zero-order valence-electron chi connectivity index (χ0n) is 12.7. The van der Waals surface area contributed by atoms with Gasteiger partial charge in [0.1, 0.15) is 6.61 Å². The third-order valence-electron chi connectivity index (χ3n) is 4.21. The lowest BCUT2D eigenvalue weighted by Crippen LogP contribution is -2.09. The van der Waals surface area contributed by atoms with Crippen molar-refractivity contribution in [3.63, 3.8) is 0 Å². The van der Waals surface area contributed by atoms with Gasteiger partial charge in [-0.05, 0) is 47.9 Å². The minimum atomic E-state index is -0.841. The maximum absolute atomic E-state index is 14.3. The van der Waals surface area contributed by atoms with Crippen LogP contribution in [0.4, 0.5) is 4.39 Å². The molecule has 3 rings (SSSR count). The Bertz CT molecular complexity index is 680. The summed E-state index contributed by atoms with van der Waals surface area (Å²) in [4.78, 5) is 11.0. The van der Waals surface area contributed by atoms with Gasteiger partial charge in [0.05, 0.1) is 6.42 Å². The molecule has 0 saturated heterocycles. The van der Waals surface area contributed by atoms with Gasteiger partial charge in [-0.15, -0.1) is 0 Å². The predicted molar refractivity (Wildman–Crippen MR) is 84.9 cm³/mol. The molecule has 1 fully saturated rings. The molecule has 1 saturated carbocycles. The average molecular weight is 314 g/mol. The lowest BCUT2D eigenvalue weighted by molar-refractivity contribution is -0.137. The number of hydrogen-bond acceptors (Lipinski definition) is 2. The minimum absolute atomic E-state index is 0.0499. The van der Waals surface area contributed by atoms with Crippen molar-refractivity contribution in [3.05, 3.63) is 65.5 Å². The highest BCUT2D eigenvalue weighted by atomic mass is 19.1. The van der Waals surface area contributed by atoms with Gasteiger partial charge in [0.2, 0.25) is 0 Å². The summed E-state index contributed by atoms with van der Waals surface area (Å²) in [6.45, 7) is 0.304. The molecule has 1 N–H and O–H groups in total. The number of aliphatic carboxylic acids is 1. The van der Waals surface area contributed by atoms with Crippen LogP contribution < -0.4 is 4.74 Å². The lowest BCUT2D eigenvalue weighted by Gasteiger charge is -2.16. The van der Waals surface area contributed by atoms with Gasteiger partial charge in [-0.25, -0.2) is 4.39 Å². The summed E-state index contributed by atoms with van der Waals surface area (Å²) >= 11 is 0. The minimum Gasteiger partial charge on any atom is -0.486 e. The van der Waals surface area contributed by atoms with Crippen molar-refractivity contribution < 1.29 is 19.0 Å². The van der Waals surface area contributed by atoms with Crippen molar-refractivity contribution in [3.8, 4) is 5.75 Å². The molecule has 1 aliphatic carbocycles. The first-order chi connectivity index (χ1) is 11.1. The maximum atomic E-state index is 14.3. The van der Waals surface area contributed by atoms with Crippen LogP contribution in [0.5, 0.6) is 5.75 Å². The zero-order chi connectivity index (χ0) is 16.2. The van der Waals surface area contributed by atoms with Crippen LogP contribution in [0, 0.1) is 11.7 Å². The molecular formula is C19H19FO3. The van der Waals surface area contributed by atoms with Crippen LogP contribution in [-0.2, 0) is 11.4 Å². The highest BCUT2D eigenvalue weighted by Gasteiger charge is 2.34. The fraction of sp³-hybridized carbons (Fsp3) is 0.316. The second-order valence-electron chi connectivity index (χ2n) is 6.01. The number of carboxylic acid groups (broad SMARTS) is 1. The van der Waals surface area contributed by atoms with E-state index in [2.05, 4.69) is 0 Å². The van der Waals surface area contributed by atoms with E-state index in [4.69, 9.17) is 9.84 Å². The molecule has 0 amide bonds. The lowest BCUT2D eigenvalue weighted by atomic mass is 9.91. The Hall–Kier alpha value is -2.36. The smallest absolute Gasteiger partial charge is 0.303 e. The van der Waals surface area contributed by atoms with Crippen molar-refractivity contribution in [1.82, 2.24) is 0 Å². The van der Waals surface area contributed by atoms with Crippen LogP contribution in [-0.4, -0.2) is 11.1 Å². The Kier molecular flexibility index (Phi) is 4.60. The SMILES string of the molecule is O=C(O)CC(c1ccc(OCc2ccccc2)c(F)c1)C1CC1. The average Bonchev–Trinajstić information content (AvgIpc) is 3.37. The summed E-state index contributed by atoms with van der Waals surface area (Å²) in [7, 11) is 0. The summed E-state index contributed by atoms with van der Waals surface area (Å²) in [5.74, 6) is -0.824. The number of halogens is 1. The molecule has 3 nitrogen and oxygen atoms in total. The Labute approximate surface area is 134 Å². The van der Waals surface area contributed by atoms with Gasteiger partial charge < -0.3 is 9.84 Å². The molecule has 0 aliphatic heterocycles.